The number of likely N-dealkylation sites (tertiary alicyclic amines) is 1. The van der Waals surface area contributed by atoms with Crippen molar-refractivity contribution < 1.29 is 5.11 Å². The molecule has 2 aromatic rings. The van der Waals surface area contributed by atoms with Crippen molar-refractivity contribution >= 4 is 0 Å². The van der Waals surface area contributed by atoms with Crippen molar-refractivity contribution in [3.8, 4) is 0 Å². The molecule has 2 heterocycles. The summed E-state index contributed by atoms with van der Waals surface area (Å²) in [6, 6.07) is 10.1. The highest BCUT2D eigenvalue weighted by Crippen LogP contribution is 2.35. The molecule has 24 heavy (non-hydrogen) atoms. The van der Waals surface area contributed by atoms with Crippen LogP contribution in [0.15, 0.2) is 36.5 Å². The Balaban J connectivity index is 1.80. The zero-order valence-electron chi connectivity index (χ0n) is 15.1. The molecule has 0 radical (unpaired) electrons. The summed E-state index contributed by atoms with van der Waals surface area (Å²) in [6.07, 6.45) is 2.83. The number of hydrogen-bond acceptors (Lipinski definition) is 4. The maximum absolute atomic E-state index is 11.4. The largest absolute Gasteiger partial charge is 0.383 e. The number of rotatable bonds is 4. The maximum atomic E-state index is 11.4. The molecule has 0 bridgehead atoms. The molecule has 0 amide bonds. The second-order valence-electron chi connectivity index (χ2n) is 7.17. The lowest BCUT2D eigenvalue weighted by Crippen LogP contribution is -2.58. The average Bonchev–Trinajstić information content (AvgIpc) is 2.87. The molecule has 0 spiro atoms. The van der Waals surface area contributed by atoms with Crippen LogP contribution in [0.2, 0.25) is 0 Å². The molecule has 1 fully saturated rings. The van der Waals surface area contributed by atoms with Gasteiger partial charge in [-0.2, -0.15) is 5.10 Å². The first kappa shape index (κ1) is 17.1. The molecule has 1 saturated heterocycles. The molecule has 0 aliphatic carbocycles. The van der Waals surface area contributed by atoms with E-state index >= 15 is 0 Å². The monoisotopic (exact) mass is 328 g/mol. The molecule has 1 N–H and O–H groups in total. The Labute approximate surface area is 144 Å². The normalized spacial score (nSPS) is 25.3. The van der Waals surface area contributed by atoms with E-state index in [2.05, 4.69) is 42.1 Å². The molecular formula is C19H28N4O. The standard InChI is InChI=1S/C19H28N4O/c1-15-16(12-22(4)20-15)13-23-11-10-19(24,18(14-23)21(2)3)17-8-6-5-7-9-17/h5-9,12,18,24H,10-11,13-14H2,1-4H3/t18-,19+/m1/s1. The number of nitrogens with zero attached hydrogens (tertiary/aromatic N) is 4. The van der Waals surface area contributed by atoms with E-state index in [0.717, 1.165) is 37.3 Å². The van der Waals surface area contributed by atoms with Crippen molar-refractivity contribution in [2.45, 2.75) is 31.5 Å². The van der Waals surface area contributed by atoms with Crippen molar-refractivity contribution in [2.24, 2.45) is 7.05 Å². The van der Waals surface area contributed by atoms with E-state index in [4.69, 9.17) is 0 Å². The molecule has 1 aliphatic heterocycles. The lowest BCUT2D eigenvalue weighted by atomic mass is 9.79. The first-order valence-corrected chi connectivity index (χ1v) is 8.56. The van der Waals surface area contributed by atoms with Gasteiger partial charge >= 0.3 is 0 Å². The number of aromatic nitrogens is 2. The fourth-order valence-electron chi connectivity index (χ4n) is 3.82. The molecule has 0 saturated carbocycles. The number of likely N-dealkylation sites (N-methyl/N-ethyl adjacent to an activating group) is 1. The van der Waals surface area contributed by atoms with E-state index in [1.165, 1.54) is 5.56 Å². The lowest BCUT2D eigenvalue weighted by Gasteiger charge is -2.47. The second-order valence-corrected chi connectivity index (χ2v) is 7.17. The summed E-state index contributed by atoms with van der Waals surface area (Å²) in [6.45, 7) is 4.66. The Morgan fingerprint density at radius 1 is 1.29 bits per heavy atom. The fraction of sp³-hybridized carbons (Fsp3) is 0.526. The third-order valence-corrected chi connectivity index (χ3v) is 5.20. The van der Waals surface area contributed by atoms with Crippen LogP contribution < -0.4 is 0 Å². The summed E-state index contributed by atoms with van der Waals surface area (Å²) in [5.74, 6) is 0. The molecule has 5 heteroatoms. The first-order valence-electron chi connectivity index (χ1n) is 8.56. The van der Waals surface area contributed by atoms with Crippen LogP contribution in [0.3, 0.4) is 0 Å². The van der Waals surface area contributed by atoms with Gasteiger partial charge in [0.15, 0.2) is 0 Å². The van der Waals surface area contributed by atoms with E-state index in [9.17, 15) is 5.11 Å². The van der Waals surface area contributed by atoms with Gasteiger partial charge in [0.05, 0.1) is 11.7 Å². The molecule has 0 unspecified atom stereocenters. The van der Waals surface area contributed by atoms with E-state index in [-0.39, 0.29) is 6.04 Å². The molecule has 1 aromatic heterocycles. The van der Waals surface area contributed by atoms with E-state index < -0.39 is 5.60 Å². The summed E-state index contributed by atoms with van der Waals surface area (Å²) in [4.78, 5) is 4.57. The van der Waals surface area contributed by atoms with Crippen LogP contribution in [0.25, 0.3) is 0 Å². The number of benzene rings is 1. The van der Waals surface area contributed by atoms with Crippen LogP contribution in [-0.2, 0) is 19.2 Å². The highest BCUT2D eigenvalue weighted by Gasteiger charge is 2.43. The van der Waals surface area contributed by atoms with Gasteiger partial charge in [-0.15, -0.1) is 0 Å². The molecule has 2 atom stereocenters. The highest BCUT2D eigenvalue weighted by molar-refractivity contribution is 5.26. The van der Waals surface area contributed by atoms with Crippen LogP contribution in [0.5, 0.6) is 0 Å². The minimum absolute atomic E-state index is 0.0608. The van der Waals surface area contributed by atoms with Gasteiger partial charge in [-0.1, -0.05) is 30.3 Å². The fourth-order valence-corrected chi connectivity index (χ4v) is 3.82. The Hall–Kier alpha value is -1.69. The minimum Gasteiger partial charge on any atom is -0.383 e. The Bertz CT molecular complexity index is 682. The second kappa shape index (κ2) is 6.67. The van der Waals surface area contributed by atoms with Crippen LogP contribution >= 0.6 is 0 Å². The Kier molecular flexibility index (Phi) is 4.76. The van der Waals surface area contributed by atoms with Gasteiger partial charge in [0, 0.05) is 38.4 Å². The number of hydrogen-bond donors (Lipinski definition) is 1. The molecule has 1 aromatic carbocycles. The average molecular weight is 328 g/mol. The van der Waals surface area contributed by atoms with Gasteiger partial charge in [-0.3, -0.25) is 9.58 Å². The van der Waals surface area contributed by atoms with Crippen LogP contribution in [-0.4, -0.2) is 57.9 Å². The summed E-state index contributed by atoms with van der Waals surface area (Å²) in [5, 5.41) is 15.9. The van der Waals surface area contributed by atoms with Crippen molar-refractivity contribution in [1.82, 2.24) is 19.6 Å². The SMILES string of the molecule is Cc1nn(C)cc1CN1CC[C@](O)(c2ccccc2)[C@H](N(C)C)C1. The molecular weight excluding hydrogens is 300 g/mol. The van der Waals surface area contributed by atoms with Crippen molar-refractivity contribution in [1.29, 1.82) is 0 Å². The predicted octanol–water partition coefficient (Wildman–Crippen LogP) is 1.75. The summed E-state index contributed by atoms with van der Waals surface area (Å²) >= 11 is 0. The zero-order chi connectivity index (χ0) is 17.3. The lowest BCUT2D eigenvalue weighted by molar-refractivity contribution is -0.0893. The maximum Gasteiger partial charge on any atom is 0.107 e. The molecule has 3 rings (SSSR count). The van der Waals surface area contributed by atoms with Gasteiger partial charge in [-0.05, 0) is 33.0 Å². The minimum atomic E-state index is -0.800. The Morgan fingerprint density at radius 3 is 2.58 bits per heavy atom. The van der Waals surface area contributed by atoms with Crippen molar-refractivity contribution in [3.05, 3.63) is 53.3 Å². The van der Waals surface area contributed by atoms with Gasteiger partial charge in [0.25, 0.3) is 0 Å². The zero-order valence-corrected chi connectivity index (χ0v) is 15.1. The molecule has 130 valence electrons. The predicted molar refractivity (Wildman–Crippen MR) is 95.7 cm³/mol. The quantitative estimate of drug-likeness (QED) is 0.929. The molecule has 1 aliphatic rings. The van der Waals surface area contributed by atoms with E-state index in [1.54, 1.807) is 0 Å². The van der Waals surface area contributed by atoms with Gasteiger partial charge in [0.1, 0.15) is 5.60 Å². The van der Waals surface area contributed by atoms with E-state index in [0.29, 0.717) is 0 Å². The third kappa shape index (κ3) is 3.24. The highest BCUT2D eigenvalue weighted by atomic mass is 16.3. The smallest absolute Gasteiger partial charge is 0.107 e. The first-order chi connectivity index (χ1) is 11.4. The number of piperidine rings is 1. The van der Waals surface area contributed by atoms with Gasteiger partial charge in [0.2, 0.25) is 0 Å². The topological polar surface area (TPSA) is 44.5 Å². The van der Waals surface area contributed by atoms with Gasteiger partial charge in [-0.25, -0.2) is 0 Å². The molecule has 5 nitrogen and oxygen atoms in total. The van der Waals surface area contributed by atoms with Crippen LogP contribution in [0.4, 0.5) is 0 Å². The number of aryl methyl sites for hydroxylation is 2. The van der Waals surface area contributed by atoms with Crippen LogP contribution in [0.1, 0.15) is 23.2 Å². The number of aliphatic hydroxyl groups is 1. The van der Waals surface area contributed by atoms with E-state index in [1.807, 2.05) is 42.1 Å². The van der Waals surface area contributed by atoms with Crippen molar-refractivity contribution in [2.75, 3.05) is 27.2 Å². The summed E-state index contributed by atoms with van der Waals surface area (Å²) in [5.41, 5.74) is 2.56. The summed E-state index contributed by atoms with van der Waals surface area (Å²) in [7, 11) is 6.07. The van der Waals surface area contributed by atoms with Gasteiger partial charge < -0.3 is 10.0 Å². The van der Waals surface area contributed by atoms with Crippen molar-refractivity contribution in [3.63, 3.8) is 0 Å². The van der Waals surface area contributed by atoms with Crippen LogP contribution in [0, 0.1) is 6.92 Å². The summed E-state index contributed by atoms with van der Waals surface area (Å²) < 4.78 is 1.87. The Morgan fingerprint density at radius 2 is 2.00 bits per heavy atom. The third-order valence-electron chi connectivity index (χ3n) is 5.20.